The number of para-hydroxylation sites is 1. The van der Waals surface area contributed by atoms with E-state index >= 15 is 0 Å². The number of aromatic nitrogens is 2. The Morgan fingerprint density at radius 2 is 1.69 bits per heavy atom. The molecule has 5 heteroatoms. The Morgan fingerprint density at radius 1 is 1.00 bits per heavy atom. The van der Waals surface area contributed by atoms with Crippen molar-refractivity contribution in [3.8, 4) is 5.69 Å². The monoisotopic (exact) mass is 428 g/mol. The molecule has 0 fully saturated rings. The van der Waals surface area contributed by atoms with Crippen LogP contribution >= 0.6 is 0 Å². The molecule has 166 valence electrons. The highest BCUT2D eigenvalue weighted by molar-refractivity contribution is 5.89. The second-order valence-corrected chi connectivity index (χ2v) is 9.59. The zero-order chi connectivity index (χ0) is 22.9. The second kappa shape index (κ2) is 8.65. The maximum atomic E-state index is 12.4. The summed E-state index contributed by atoms with van der Waals surface area (Å²) >= 11 is 0. The number of allylic oxidation sites excluding steroid dienone is 1. The van der Waals surface area contributed by atoms with E-state index in [2.05, 4.69) is 81.7 Å². The summed E-state index contributed by atoms with van der Waals surface area (Å²) in [4.78, 5) is 12.4. The maximum Gasteiger partial charge on any atom is 0.319 e. The lowest BCUT2D eigenvalue weighted by atomic mass is 9.87. The van der Waals surface area contributed by atoms with Crippen LogP contribution in [0.4, 0.5) is 10.5 Å². The van der Waals surface area contributed by atoms with E-state index in [4.69, 9.17) is 5.10 Å². The highest BCUT2D eigenvalue weighted by Crippen LogP contribution is 2.34. The van der Waals surface area contributed by atoms with Crippen LogP contribution < -0.4 is 10.6 Å². The molecule has 0 saturated carbocycles. The molecule has 3 aromatic rings. The summed E-state index contributed by atoms with van der Waals surface area (Å²) in [5, 5.41) is 10.8. The smallest absolute Gasteiger partial charge is 0.319 e. The SMILES string of the molecule is Cc1nn(-c2ccc(C(C)(C)C)cc2)c(C)c1C1C=CC(NC(=O)Nc2ccccc2)C1. The van der Waals surface area contributed by atoms with Gasteiger partial charge in [-0.15, -0.1) is 0 Å². The number of anilines is 1. The van der Waals surface area contributed by atoms with Crippen LogP contribution in [0.5, 0.6) is 0 Å². The van der Waals surface area contributed by atoms with Gasteiger partial charge in [-0.25, -0.2) is 9.48 Å². The fourth-order valence-corrected chi connectivity index (χ4v) is 4.42. The predicted molar refractivity (Wildman–Crippen MR) is 131 cm³/mol. The molecule has 5 nitrogen and oxygen atoms in total. The third kappa shape index (κ3) is 4.62. The Labute approximate surface area is 190 Å². The number of nitrogens with zero attached hydrogens (tertiary/aromatic N) is 2. The van der Waals surface area contributed by atoms with Crippen LogP contribution in [0.25, 0.3) is 5.69 Å². The standard InChI is InChI=1S/C27H32N4O/c1-18-25(19(2)31(30-18)24-15-12-21(13-16-24)27(3,4)5)20-11-14-23(17-20)29-26(32)28-22-9-7-6-8-10-22/h6-16,20,23H,17H2,1-5H3,(H2,28,29,32). The molecule has 32 heavy (non-hydrogen) atoms. The number of rotatable bonds is 4. The summed E-state index contributed by atoms with van der Waals surface area (Å²) in [6.45, 7) is 10.9. The average molecular weight is 429 g/mol. The van der Waals surface area contributed by atoms with Crippen molar-refractivity contribution in [1.29, 1.82) is 0 Å². The van der Waals surface area contributed by atoms with E-state index in [0.717, 1.165) is 29.2 Å². The number of hydrogen-bond acceptors (Lipinski definition) is 2. The Bertz CT molecular complexity index is 1120. The van der Waals surface area contributed by atoms with Gasteiger partial charge in [-0.05, 0) is 55.5 Å². The number of urea groups is 1. The van der Waals surface area contributed by atoms with Crippen LogP contribution in [-0.4, -0.2) is 21.9 Å². The molecule has 1 aliphatic carbocycles. The molecular formula is C27H32N4O. The van der Waals surface area contributed by atoms with E-state index in [1.807, 2.05) is 35.0 Å². The molecule has 2 N–H and O–H groups in total. The molecule has 1 aliphatic rings. The van der Waals surface area contributed by atoms with Crippen molar-refractivity contribution in [2.45, 2.75) is 58.4 Å². The summed E-state index contributed by atoms with van der Waals surface area (Å²) in [5.74, 6) is 0.236. The minimum atomic E-state index is -0.186. The molecule has 0 radical (unpaired) electrons. The van der Waals surface area contributed by atoms with E-state index in [9.17, 15) is 4.79 Å². The van der Waals surface area contributed by atoms with Crippen molar-refractivity contribution in [3.63, 3.8) is 0 Å². The summed E-state index contributed by atoms with van der Waals surface area (Å²) in [5.41, 5.74) is 6.72. The number of benzene rings is 2. The molecule has 0 bridgehead atoms. The van der Waals surface area contributed by atoms with Crippen LogP contribution in [0.15, 0.2) is 66.7 Å². The lowest BCUT2D eigenvalue weighted by Crippen LogP contribution is -2.36. The molecule has 2 atom stereocenters. The van der Waals surface area contributed by atoms with Crippen LogP contribution in [-0.2, 0) is 5.41 Å². The molecule has 2 aromatic carbocycles. The van der Waals surface area contributed by atoms with Gasteiger partial charge in [0.15, 0.2) is 0 Å². The van der Waals surface area contributed by atoms with E-state index in [1.54, 1.807) is 0 Å². The summed E-state index contributed by atoms with van der Waals surface area (Å²) in [6.07, 6.45) is 5.11. The fourth-order valence-electron chi connectivity index (χ4n) is 4.42. The van der Waals surface area contributed by atoms with E-state index in [0.29, 0.717) is 0 Å². The zero-order valence-electron chi connectivity index (χ0n) is 19.5. The van der Waals surface area contributed by atoms with Gasteiger partial charge in [-0.3, -0.25) is 0 Å². The zero-order valence-corrected chi connectivity index (χ0v) is 19.5. The van der Waals surface area contributed by atoms with Gasteiger partial charge in [-0.2, -0.15) is 5.10 Å². The van der Waals surface area contributed by atoms with Crippen molar-refractivity contribution >= 4 is 11.7 Å². The number of amides is 2. The summed E-state index contributed by atoms with van der Waals surface area (Å²) < 4.78 is 2.04. The third-order valence-electron chi connectivity index (χ3n) is 6.13. The number of nitrogens with one attached hydrogen (secondary N) is 2. The fraction of sp³-hybridized carbons (Fsp3) is 0.333. The minimum Gasteiger partial charge on any atom is -0.332 e. The Kier molecular flexibility index (Phi) is 5.92. The lowest BCUT2D eigenvalue weighted by Gasteiger charge is -2.19. The van der Waals surface area contributed by atoms with Crippen LogP contribution in [0, 0.1) is 13.8 Å². The first-order valence-electron chi connectivity index (χ1n) is 11.2. The van der Waals surface area contributed by atoms with Crippen molar-refractivity contribution in [1.82, 2.24) is 15.1 Å². The minimum absolute atomic E-state index is 0.00284. The predicted octanol–water partition coefficient (Wildman–Crippen LogP) is 6.02. The Morgan fingerprint density at radius 3 is 2.34 bits per heavy atom. The largest absolute Gasteiger partial charge is 0.332 e. The normalized spacial score (nSPS) is 18.0. The molecule has 4 rings (SSSR count). The summed E-state index contributed by atoms with van der Waals surface area (Å²) in [7, 11) is 0. The number of carbonyl (C=O) groups excluding carboxylic acids is 1. The first-order valence-corrected chi connectivity index (χ1v) is 11.2. The van der Waals surface area contributed by atoms with Gasteiger partial charge < -0.3 is 10.6 Å². The van der Waals surface area contributed by atoms with Crippen LogP contribution in [0.3, 0.4) is 0 Å². The van der Waals surface area contributed by atoms with Gasteiger partial charge in [0.25, 0.3) is 0 Å². The van der Waals surface area contributed by atoms with E-state index in [1.165, 1.54) is 11.1 Å². The molecule has 0 aliphatic heterocycles. The first kappa shape index (κ1) is 21.9. The Balaban J connectivity index is 1.45. The third-order valence-corrected chi connectivity index (χ3v) is 6.13. The van der Waals surface area contributed by atoms with Crippen molar-refractivity contribution in [3.05, 3.63) is 89.3 Å². The second-order valence-electron chi connectivity index (χ2n) is 9.59. The molecule has 0 saturated heterocycles. The highest BCUT2D eigenvalue weighted by atomic mass is 16.2. The van der Waals surface area contributed by atoms with Crippen molar-refractivity contribution < 1.29 is 4.79 Å². The molecule has 2 amide bonds. The topological polar surface area (TPSA) is 59.0 Å². The highest BCUT2D eigenvalue weighted by Gasteiger charge is 2.27. The molecule has 0 spiro atoms. The van der Waals surface area contributed by atoms with Gasteiger partial charge in [-0.1, -0.05) is 63.3 Å². The van der Waals surface area contributed by atoms with Crippen molar-refractivity contribution in [2.24, 2.45) is 0 Å². The average Bonchev–Trinajstić information content (AvgIpc) is 3.31. The first-order chi connectivity index (χ1) is 15.2. The van der Waals surface area contributed by atoms with Crippen molar-refractivity contribution in [2.75, 3.05) is 5.32 Å². The lowest BCUT2D eigenvalue weighted by molar-refractivity contribution is 0.250. The van der Waals surface area contributed by atoms with Gasteiger partial charge in [0.1, 0.15) is 0 Å². The van der Waals surface area contributed by atoms with Gasteiger partial charge in [0, 0.05) is 28.9 Å². The number of carbonyl (C=O) groups is 1. The molecule has 2 unspecified atom stereocenters. The number of aryl methyl sites for hydroxylation is 1. The van der Waals surface area contributed by atoms with Gasteiger partial charge in [0.05, 0.1) is 11.4 Å². The Hall–Kier alpha value is -3.34. The van der Waals surface area contributed by atoms with Crippen LogP contribution in [0.2, 0.25) is 0 Å². The summed E-state index contributed by atoms with van der Waals surface area (Å²) in [6, 6.07) is 18.0. The van der Waals surface area contributed by atoms with Gasteiger partial charge in [0.2, 0.25) is 0 Å². The molecule has 1 aromatic heterocycles. The van der Waals surface area contributed by atoms with Gasteiger partial charge >= 0.3 is 6.03 Å². The molecular weight excluding hydrogens is 396 g/mol. The number of hydrogen-bond donors (Lipinski definition) is 2. The van der Waals surface area contributed by atoms with Crippen LogP contribution in [0.1, 0.15) is 55.6 Å². The van der Waals surface area contributed by atoms with E-state index < -0.39 is 0 Å². The maximum absolute atomic E-state index is 12.4. The quantitative estimate of drug-likeness (QED) is 0.499. The molecule has 1 heterocycles. The van der Waals surface area contributed by atoms with E-state index in [-0.39, 0.29) is 23.4 Å².